The Morgan fingerprint density at radius 2 is 2.11 bits per heavy atom. The summed E-state index contributed by atoms with van der Waals surface area (Å²) in [5.41, 5.74) is 1.55. The van der Waals surface area contributed by atoms with Crippen molar-refractivity contribution in [1.82, 2.24) is 4.57 Å². The molecule has 0 aliphatic heterocycles. The molecule has 3 aromatic rings. The second-order valence-corrected chi connectivity index (χ2v) is 6.85. The second-order valence-electron chi connectivity index (χ2n) is 5.84. The van der Waals surface area contributed by atoms with Crippen LogP contribution in [0.2, 0.25) is 0 Å². The fraction of sp³-hybridized carbons (Fsp3) is 0.200. The smallest absolute Gasteiger partial charge is 0.272 e. The highest BCUT2D eigenvalue weighted by atomic mass is 32.1. The van der Waals surface area contributed by atoms with E-state index in [4.69, 9.17) is 4.74 Å². The predicted molar refractivity (Wildman–Crippen MR) is 109 cm³/mol. The van der Waals surface area contributed by atoms with E-state index in [2.05, 4.69) is 4.99 Å². The maximum atomic E-state index is 12.3. The summed E-state index contributed by atoms with van der Waals surface area (Å²) in [5.74, 6) is -0.428. The van der Waals surface area contributed by atoms with Gasteiger partial charge < -0.3 is 9.30 Å². The van der Waals surface area contributed by atoms with E-state index in [1.807, 2.05) is 35.8 Å². The van der Waals surface area contributed by atoms with E-state index < -0.39 is 10.8 Å². The minimum absolute atomic E-state index is 0.0233. The van der Waals surface area contributed by atoms with Crippen molar-refractivity contribution in [3.63, 3.8) is 0 Å². The number of non-ortho nitro benzene ring substituents is 1. The molecule has 0 aliphatic rings. The van der Waals surface area contributed by atoms with Crippen LogP contribution in [0.15, 0.2) is 59.6 Å². The molecule has 7 nitrogen and oxygen atoms in total. The van der Waals surface area contributed by atoms with Gasteiger partial charge in [0.25, 0.3) is 11.6 Å². The van der Waals surface area contributed by atoms with Crippen LogP contribution in [0.3, 0.4) is 0 Å². The molecule has 0 fully saturated rings. The third kappa shape index (κ3) is 4.79. The first-order valence-corrected chi connectivity index (χ1v) is 9.57. The van der Waals surface area contributed by atoms with Crippen molar-refractivity contribution < 1.29 is 14.5 Å². The first-order chi connectivity index (χ1) is 13.6. The Hall–Kier alpha value is -3.10. The van der Waals surface area contributed by atoms with Gasteiger partial charge in [-0.1, -0.05) is 35.6 Å². The molecule has 0 atom stereocenters. The fourth-order valence-electron chi connectivity index (χ4n) is 2.66. The van der Waals surface area contributed by atoms with Crippen molar-refractivity contribution in [3.8, 4) is 0 Å². The lowest BCUT2D eigenvalue weighted by atomic mass is 10.2. The van der Waals surface area contributed by atoms with E-state index in [0.29, 0.717) is 30.1 Å². The Morgan fingerprint density at radius 1 is 1.29 bits per heavy atom. The molecule has 0 N–H and O–H groups in total. The molecule has 1 heterocycles. The molecule has 0 saturated heterocycles. The maximum absolute atomic E-state index is 12.3. The van der Waals surface area contributed by atoms with Gasteiger partial charge in [0.2, 0.25) is 0 Å². The molecular weight excluding hydrogens is 378 g/mol. The van der Waals surface area contributed by atoms with Gasteiger partial charge in [0.1, 0.15) is 0 Å². The van der Waals surface area contributed by atoms with E-state index in [1.54, 1.807) is 12.1 Å². The summed E-state index contributed by atoms with van der Waals surface area (Å²) >= 11 is 1.44. The molecule has 0 aliphatic carbocycles. The molecular formula is C20H19N3O4S. The van der Waals surface area contributed by atoms with Gasteiger partial charge in [-0.15, -0.1) is 0 Å². The summed E-state index contributed by atoms with van der Waals surface area (Å²) in [4.78, 5) is 27.5. The summed E-state index contributed by atoms with van der Waals surface area (Å²) in [7, 11) is 0. The van der Waals surface area contributed by atoms with E-state index in [-0.39, 0.29) is 5.69 Å². The SMILES string of the molecule is CCOCCn1c(=NC(=O)/C=C/c2cccc([N+](=O)[O-])c2)sc2ccccc21. The highest BCUT2D eigenvalue weighted by molar-refractivity contribution is 7.16. The van der Waals surface area contributed by atoms with E-state index in [0.717, 1.165) is 10.2 Å². The van der Waals surface area contributed by atoms with Crippen molar-refractivity contribution >= 4 is 39.2 Å². The number of hydrogen-bond acceptors (Lipinski definition) is 5. The lowest BCUT2D eigenvalue weighted by Gasteiger charge is -2.04. The number of nitro groups is 1. The van der Waals surface area contributed by atoms with Crippen LogP contribution in [0.5, 0.6) is 0 Å². The average molecular weight is 397 g/mol. The zero-order valence-corrected chi connectivity index (χ0v) is 16.1. The number of nitro benzene ring substituents is 1. The van der Waals surface area contributed by atoms with Crippen LogP contribution in [0.25, 0.3) is 16.3 Å². The molecule has 28 heavy (non-hydrogen) atoms. The molecule has 2 aromatic carbocycles. The number of ether oxygens (including phenoxy) is 1. The number of fused-ring (bicyclic) bond motifs is 1. The van der Waals surface area contributed by atoms with E-state index in [1.165, 1.54) is 35.6 Å². The summed E-state index contributed by atoms with van der Waals surface area (Å²) < 4.78 is 8.44. The van der Waals surface area contributed by atoms with Gasteiger partial charge in [-0.25, -0.2) is 0 Å². The van der Waals surface area contributed by atoms with Crippen molar-refractivity contribution in [2.24, 2.45) is 4.99 Å². The second kappa shape index (κ2) is 9.20. The first kappa shape index (κ1) is 19.7. The number of hydrogen-bond donors (Lipinski definition) is 0. The lowest BCUT2D eigenvalue weighted by Crippen LogP contribution is -2.19. The molecule has 0 radical (unpaired) electrons. The third-order valence-corrected chi connectivity index (χ3v) is 5.02. The maximum Gasteiger partial charge on any atom is 0.272 e. The number of thiazole rings is 1. The number of amides is 1. The molecule has 144 valence electrons. The largest absolute Gasteiger partial charge is 0.380 e. The fourth-order valence-corrected chi connectivity index (χ4v) is 3.73. The Bertz CT molecular complexity index is 1100. The molecule has 1 amide bonds. The molecule has 1 aromatic heterocycles. The molecule has 0 spiro atoms. The van der Waals surface area contributed by atoms with Gasteiger partial charge in [-0.05, 0) is 30.7 Å². The highest BCUT2D eigenvalue weighted by Gasteiger charge is 2.07. The number of nitrogens with zero attached hydrogens (tertiary/aromatic N) is 3. The normalized spacial score (nSPS) is 12.1. The summed E-state index contributed by atoms with van der Waals surface area (Å²) in [5, 5.41) is 10.8. The quantitative estimate of drug-likeness (QED) is 0.263. The highest BCUT2D eigenvalue weighted by Crippen LogP contribution is 2.17. The van der Waals surface area contributed by atoms with Crippen LogP contribution < -0.4 is 4.80 Å². The van der Waals surface area contributed by atoms with Gasteiger partial charge in [0.15, 0.2) is 4.80 Å². The van der Waals surface area contributed by atoms with E-state index >= 15 is 0 Å². The topological polar surface area (TPSA) is 86.7 Å². The van der Waals surface area contributed by atoms with Crippen LogP contribution in [-0.2, 0) is 16.1 Å². The zero-order chi connectivity index (χ0) is 19.9. The summed E-state index contributed by atoms with van der Waals surface area (Å²) in [6.45, 7) is 3.69. The standard InChI is InChI=1S/C20H19N3O4S/c1-2-27-13-12-22-17-8-3-4-9-18(17)28-20(22)21-19(24)11-10-15-6-5-7-16(14-15)23(25)26/h3-11,14H,2,12-13H2,1H3/b11-10+,21-20?. The van der Waals surface area contributed by atoms with Gasteiger partial charge in [-0.2, -0.15) is 4.99 Å². The van der Waals surface area contributed by atoms with Gasteiger partial charge >= 0.3 is 0 Å². The number of benzene rings is 2. The van der Waals surface area contributed by atoms with Gasteiger partial charge in [0, 0.05) is 31.4 Å². The molecule has 0 saturated carbocycles. The van der Waals surface area contributed by atoms with E-state index in [9.17, 15) is 14.9 Å². The van der Waals surface area contributed by atoms with Gasteiger partial charge in [-0.3, -0.25) is 14.9 Å². The van der Waals surface area contributed by atoms with Crippen molar-refractivity contribution in [1.29, 1.82) is 0 Å². The number of aromatic nitrogens is 1. The monoisotopic (exact) mass is 397 g/mol. The minimum Gasteiger partial charge on any atom is -0.380 e. The number of rotatable bonds is 7. The third-order valence-electron chi connectivity index (χ3n) is 3.96. The average Bonchev–Trinajstić information content (AvgIpc) is 3.04. The van der Waals surface area contributed by atoms with Gasteiger partial charge in [0.05, 0.1) is 21.7 Å². The van der Waals surface area contributed by atoms with Crippen LogP contribution in [0.4, 0.5) is 5.69 Å². The van der Waals surface area contributed by atoms with Crippen molar-refractivity contribution in [2.75, 3.05) is 13.2 Å². The first-order valence-electron chi connectivity index (χ1n) is 8.76. The predicted octanol–water partition coefficient (Wildman–Crippen LogP) is 3.79. The Kier molecular flexibility index (Phi) is 6.46. The minimum atomic E-state index is -0.470. The molecule has 8 heteroatoms. The lowest BCUT2D eigenvalue weighted by molar-refractivity contribution is -0.384. The number of para-hydroxylation sites is 1. The van der Waals surface area contributed by atoms with Crippen molar-refractivity contribution in [2.45, 2.75) is 13.5 Å². The number of carbonyl (C=O) groups excluding carboxylic acids is 1. The Labute approximate surface area is 165 Å². The van der Waals surface area contributed by atoms with Crippen molar-refractivity contribution in [3.05, 3.63) is 75.1 Å². The molecule has 0 bridgehead atoms. The summed E-state index contributed by atoms with van der Waals surface area (Å²) in [6.07, 6.45) is 2.84. The van der Waals surface area contributed by atoms with Crippen LogP contribution in [0, 0.1) is 10.1 Å². The summed E-state index contributed by atoms with van der Waals surface area (Å²) in [6, 6.07) is 13.9. The van der Waals surface area contributed by atoms with Crippen LogP contribution >= 0.6 is 11.3 Å². The number of carbonyl (C=O) groups is 1. The molecule has 0 unspecified atom stereocenters. The Morgan fingerprint density at radius 3 is 2.89 bits per heavy atom. The van der Waals surface area contributed by atoms with Crippen LogP contribution in [0.1, 0.15) is 12.5 Å². The Balaban J connectivity index is 1.88. The molecule has 3 rings (SSSR count). The zero-order valence-electron chi connectivity index (χ0n) is 15.3. The van der Waals surface area contributed by atoms with Crippen LogP contribution in [-0.4, -0.2) is 28.6 Å².